The van der Waals surface area contributed by atoms with E-state index < -0.39 is 18.0 Å². The maximum Gasteiger partial charge on any atom is 0.308 e. The molecule has 0 fully saturated rings. The number of aliphatic hydroxyl groups is 1. The Morgan fingerprint density at radius 1 is 1.70 bits per heavy atom. The number of nitrogens with two attached hydrogens (primary N) is 1. The highest BCUT2D eigenvalue weighted by molar-refractivity contribution is 5.84. The highest BCUT2D eigenvalue weighted by Gasteiger charge is 2.15. The minimum Gasteiger partial charge on any atom is -0.469 e. The Labute approximate surface area is 57.8 Å². The lowest BCUT2D eigenvalue weighted by atomic mass is 10.2. The number of primary amides is 1. The van der Waals surface area contributed by atoms with Gasteiger partial charge in [-0.15, -0.1) is 0 Å². The first-order valence-corrected chi connectivity index (χ1v) is 2.62. The molecule has 0 radical (unpaired) electrons. The highest BCUT2D eigenvalue weighted by atomic mass is 16.5. The van der Waals surface area contributed by atoms with Gasteiger partial charge in [-0.05, 0) is 0 Å². The van der Waals surface area contributed by atoms with Crippen molar-refractivity contribution in [1.82, 2.24) is 0 Å². The van der Waals surface area contributed by atoms with Gasteiger partial charge in [-0.1, -0.05) is 0 Å². The molecule has 0 heterocycles. The van der Waals surface area contributed by atoms with Gasteiger partial charge in [-0.2, -0.15) is 0 Å². The molecule has 0 saturated carbocycles. The molecule has 0 spiro atoms. The van der Waals surface area contributed by atoms with Crippen LogP contribution in [0.4, 0.5) is 0 Å². The fraction of sp³-hybridized carbons (Fsp3) is 0.600. The van der Waals surface area contributed by atoms with Crippen molar-refractivity contribution < 1.29 is 19.4 Å². The van der Waals surface area contributed by atoms with Crippen molar-refractivity contribution in [2.45, 2.75) is 12.5 Å². The summed E-state index contributed by atoms with van der Waals surface area (Å²) in [5.74, 6) is -1.59. The SMILES string of the molecule is COC(=O)C[C@@H](O)C(N)=O. The molecule has 0 aromatic rings. The van der Waals surface area contributed by atoms with Gasteiger partial charge >= 0.3 is 5.97 Å². The van der Waals surface area contributed by atoms with Crippen molar-refractivity contribution in [3.63, 3.8) is 0 Å². The maximum absolute atomic E-state index is 10.3. The molecule has 5 heteroatoms. The minimum atomic E-state index is -1.44. The van der Waals surface area contributed by atoms with Crippen molar-refractivity contribution in [2.75, 3.05) is 7.11 Å². The molecule has 0 aromatic carbocycles. The smallest absolute Gasteiger partial charge is 0.308 e. The zero-order chi connectivity index (χ0) is 8.15. The Hall–Kier alpha value is -1.10. The maximum atomic E-state index is 10.3. The lowest BCUT2D eigenvalue weighted by Gasteiger charge is -2.02. The van der Waals surface area contributed by atoms with Crippen LogP contribution in [0, 0.1) is 0 Å². The molecule has 3 N–H and O–H groups in total. The van der Waals surface area contributed by atoms with Crippen LogP contribution in [0.25, 0.3) is 0 Å². The van der Waals surface area contributed by atoms with Crippen LogP contribution in [0.1, 0.15) is 6.42 Å². The summed E-state index contributed by atoms with van der Waals surface area (Å²) in [5, 5.41) is 8.65. The summed E-state index contributed by atoms with van der Waals surface area (Å²) in [6, 6.07) is 0. The second-order valence-corrected chi connectivity index (χ2v) is 1.70. The molecule has 10 heavy (non-hydrogen) atoms. The Balaban J connectivity index is 3.68. The Morgan fingerprint density at radius 2 is 2.20 bits per heavy atom. The molecule has 1 amide bonds. The fourth-order valence-corrected chi connectivity index (χ4v) is 0.342. The number of hydrogen-bond donors (Lipinski definition) is 2. The number of esters is 1. The number of methoxy groups -OCH3 is 1. The normalized spacial score (nSPS) is 12.2. The second kappa shape index (κ2) is 3.84. The molecule has 0 bridgehead atoms. The average Bonchev–Trinajstić information content (AvgIpc) is 1.87. The van der Waals surface area contributed by atoms with Crippen LogP contribution in [0.3, 0.4) is 0 Å². The Morgan fingerprint density at radius 3 is 2.50 bits per heavy atom. The fourth-order valence-electron chi connectivity index (χ4n) is 0.342. The third-order valence-corrected chi connectivity index (χ3v) is 0.916. The van der Waals surface area contributed by atoms with Crippen LogP contribution in [-0.4, -0.2) is 30.2 Å². The summed E-state index contributed by atoms with van der Waals surface area (Å²) < 4.78 is 4.16. The van der Waals surface area contributed by atoms with E-state index in [4.69, 9.17) is 5.11 Å². The molecule has 5 nitrogen and oxygen atoms in total. The number of hydrogen-bond acceptors (Lipinski definition) is 4. The van der Waals surface area contributed by atoms with E-state index in [9.17, 15) is 9.59 Å². The van der Waals surface area contributed by atoms with Gasteiger partial charge in [0, 0.05) is 0 Å². The van der Waals surface area contributed by atoms with Gasteiger partial charge in [0.1, 0.15) is 6.10 Å². The predicted molar refractivity (Wildman–Crippen MR) is 31.8 cm³/mol. The number of rotatable bonds is 3. The molecular formula is C5H9NO4. The van der Waals surface area contributed by atoms with Crippen LogP contribution in [-0.2, 0) is 14.3 Å². The van der Waals surface area contributed by atoms with E-state index >= 15 is 0 Å². The topological polar surface area (TPSA) is 89.6 Å². The number of amides is 1. The van der Waals surface area contributed by atoms with E-state index in [1.807, 2.05) is 0 Å². The van der Waals surface area contributed by atoms with Crippen LogP contribution in [0.15, 0.2) is 0 Å². The highest BCUT2D eigenvalue weighted by Crippen LogP contribution is 1.91. The van der Waals surface area contributed by atoms with Gasteiger partial charge in [-0.25, -0.2) is 0 Å². The minimum absolute atomic E-state index is 0.383. The largest absolute Gasteiger partial charge is 0.469 e. The van der Waals surface area contributed by atoms with Crippen LogP contribution < -0.4 is 5.73 Å². The summed E-state index contributed by atoms with van der Waals surface area (Å²) in [4.78, 5) is 20.5. The average molecular weight is 147 g/mol. The van der Waals surface area contributed by atoms with Gasteiger partial charge in [0.2, 0.25) is 5.91 Å². The summed E-state index contributed by atoms with van der Waals surface area (Å²) in [6.45, 7) is 0. The van der Waals surface area contributed by atoms with E-state index in [1.54, 1.807) is 0 Å². The van der Waals surface area contributed by atoms with Crippen molar-refractivity contribution >= 4 is 11.9 Å². The molecule has 0 unspecified atom stereocenters. The zero-order valence-corrected chi connectivity index (χ0v) is 5.53. The van der Waals surface area contributed by atoms with E-state index in [-0.39, 0.29) is 6.42 Å². The summed E-state index contributed by atoms with van der Waals surface area (Å²) in [7, 11) is 1.16. The first-order chi connectivity index (χ1) is 4.57. The van der Waals surface area contributed by atoms with Gasteiger partial charge in [0.25, 0.3) is 0 Å². The number of aliphatic hydroxyl groups excluding tert-OH is 1. The van der Waals surface area contributed by atoms with Crippen molar-refractivity contribution in [2.24, 2.45) is 5.73 Å². The molecule has 0 saturated heterocycles. The predicted octanol–water partition coefficient (Wildman–Crippen LogP) is -1.60. The lowest BCUT2D eigenvalue weighted by molar-refractivity contribution is -0.145. The summed E-state index contributed by atoms with van der Waals surface area (Å²) >= 11 is 0. The summed E-state index contributed by atoms with van der Waals surface area (Å²) in [6.07, 6.45) is -1.82. The third kappa shape index (κ3) is 3.03. The molecule has 0 aliphatic carbocycles. The van der Waals surface area contributed by atoms with Gasteiger partial charge in [0.15, 0.2) is 0 Å². The summed E-state index contributed by atoms with van der Waals surface area (Å²) in [5.41, 5.74) is 4.64. The van der Waals surface area contributed by atoms with E-state index in [0.29, 0.717) is 0 Å². The van der Waals surface area contributed by atoms with Crippen LogP contribution in [0.2, 0.25) is 0 Å². The standard InChI is InChI=1S/C5H9NO4/c1-10-4(8)2-3(7)5(6)9/h3,7H,2H2,1H3,(H2,6,9)/t3-/m1/s1. The molecule has 0 aliphatic rings. The number of carbonyl (C=O) groups excluding carboxylic acids is 2. The number of carbonyl (C=O) groups is 2. The van der Waals surface area contributed by atoms with E-state index in [1.165, 1.54) is 0 Å². The Bertz CT molecular complexity index is 145. The molecule has 1 atom stereocenters. The van der Waals surface area contributed by atoms with Gasteiger partial charge in [0.05, 0.1) is 13.5 Å². The quantitative estimate of drug-likeness (QED) is 0.470. The van der Waals surface area contributed by atoms with E-state index in [0.717, 1.165) is 7.11 Å². The first kappa shape index (κ1) is 8.90. The molecule has 0 rings (SSSR count). The molecule has 58 valence electrons. The molecular weight excluding hydrogens is 138 g/mol. The van der Waals surface area contributed by atoms with Crippen molar-refractivity contribution in [3.8, 4) is 0 Å². The van der Waals surface area contributed by atoms with Gasteiger partial charge in [-0.3, -0.25) is 9.59 Å². The number of ether oxygens (including phenoxy) is 1. The zero-order valence-electron chi connectivity index (χ0n) is 5.53. The Kier molecular flexibility index (Phi) is 3.42. The third-order valence-electron chi connectivity index (χ3n) is 0.916. The van der Waals surface area contributed by atoms with Crippen LogP contribution >= 0.6 is 0 Å². The van der Waals surface area contributed by atoms with Crippen LogP contribution in [0.5, 0.6) is 0 Å². The first-order valence-electron chi connectivity index (χ1n) is 2.62. The second-order valence-electron chi connectivity index (χ2n) is 1.70. The lowest BCUT2D eigenvalue weighted by Crippen LogP contribution is -2.30. The van der Waals surface area contributed by atoms with E-state index in [2.05, 4.69) is 10.5 Å². The monoisotopic (exact) mass is 147 g/mol. The van der Waals surface area contributed by atoms with Gasteiger partial charge < -0.3 is 15.6 Å². The molecule has 0 aromatic heterocycles. The van der Waals surface area contributed by atoms with Crippen molar-refractivity contribution in [1.29, 1.82) is 0 Å². The molecule has 0 aliphatic heterocycles. The van der Waals surface area contributed by atoms with Crippen molar-refractivity contribution in [3.05, 3.63) is 0 Å².